The minimum Gasteiger partial charge on any atom is -0.461 e. The lowest BCUT2D eigenvalue weighted by atomic mass is 9.99. The predicted octanol–water partition coefficient (Wildman–Crippen LogP) is 0.865. The van der Waals surface area contributed by atoms with Gasteiger partial charge in [0.1, 0.15) is 54.5 Å². The van der Waals surface area contributed by atoms with Crippen LogP contribution in [0.15, 0.2) is 30.4 Å². The maximum Gasteiger partial charge on any atom is 0.328 e. The van der Waals surface area contributed by atoms with Crippen molar-refractivity contribution in [3.05, 3.63) is 47.5 Å². The zero-order valence-electron chi connectivity index (χ0n) is 32.0. The molecule has 17 heteroatoms. The van der Waals surface area contributed by atoms with E-state index in [1.807, 2.05) is 13.8 Å². The van der Waals surface area contributed by atoms with Gasteiger partial charge in [0.05, 0.1) is 6.10 Å². The van der Waals surface area contributed by atoms with Gasteiger partial charge in [-0.25, -0.2) is 13.6 Å². The van der Waals surface area contributed by atoms with Gasteiger partial charge < -0.3 is 40.5 Å². The van der Waals surface area contributed by atoms with Crippen LogP contribution in [0.25, 0.3) is 0 Å². The molecule has 1 aromatic rings. The normalized spacial score (nSPS) is 28.4. The summed E-state index contributed by atoms with van der Waals surface area (Å²) in [6.07, 6.45) is 5.13. The number of esters is 1. The maximum absolute atomic E-state index is 14.4. The second kappa shape index (κ2) is 18.8. The van der Waals surface area contributed by atoms with E-state index in [0.29, 0.717) is 31.7 Å². The van der Waals surface area contributed by atoms with Gasteiger partial charge in [-0.2, -0.15) is 0 Å². The van der Waals surface area contributed by atoms with Crippen LogP contribution in [0.4, 0.5) is 8.78 Å². The number of amides is 6. The lowest BCUT2D eigenvalue weighted by molar-refractivity contribution is -0.158. The molecule has 15 nitrogen and oxygen atoms in total. The molecule has 8 atom stereocenters. The zero-order chi connectivity index (χ0) is 40.7. The SMILES string of the molecule is CCCC/C=C/C(=O)N[C@@H](Cc1cc(F)cc(F)c1)C(=O)N[C@H]1COC(=O)C2C[C@@H](C)CN2C(=O)[C@H](C)NC(=O)[C@@H]2CCCCN2C(=O)[C@@H]2C[C@@H](O)CN2C1=O. The molecule has 4 fully saturated rings. The van der Waals surface area contributed by atoms with Gasteiger partial charge >= 0.3 is 5.97 Å². The van der Waals surface area contributed by atoms with Gasteiger partial charge in [-0.05, 0) is 68.7 Å². The highest BCUT2D eigenvalue weighted by molar-refractivity contribution is 5.98. The molecule has 5 rings (SSSR count). The monoisotopic (exact) mass is 786 g/mol. The van der Waals surface area contributed by atoms with Crippen LogP contribution >= 0.6 is 0 Å². The van der Waals surface area contributed by atoms with Crippen molar-refractivity contribution in [2.75, 3.05) is 26.2 Å². The summed E-state index contributed by atoms with van der Waals surface area (Å²) in [5.41, 5.74) is 0.0245. The van der Waals surface area contributed by atoms with Crippen LogP contribution in [0.2, 0.25) is 0 Å². The fraction of sp³-hybridized carbons (Fsp3) is 0.615. The average molecular weight is 787 g/mol. The number of ether oxygens (including phenoxy) is 1. The van der Waals surface area contributed by atoms with E-state index in [2.05, 4.69) is 16.0 Å². The van der Waals surface area contributed by atoms with Crippen LogP contribution in [0, 0.1) is 17.6 Å². The number of carbonyl (C=O) groups excluding carboxylic acids is 7. The van der Waals surface area contributed by atoms with Gasteiger partial charge in [-0.3, -0.25) is 28.8 Å². The van der Waals surface area contributed by atoms with Gasteiger partial charge in [-0.15, -0.1) is 0 Å². The molecule has 56 heavy (non-hydrogen) atoms. The molecule has 0 spiro atoms. The number of unbranched alkanes of at least 4 members (excludes halogenated alkanes) is 2. The van der Waals surface area contributed by atoms with Crippen LogP contribution in [0.3, 0.4) is 0 Å². The highest BCUT2D eigenvalue weighted by atomic mass is 19.1. The summed E-state index contributed by atoms with van der Waals surface area (Å²) in [7, 11) is 0. The van der Waals surface area contributed by atoms with Crippen molar-refractivity contribution < 1.29 is 52.2 Å². The fourth-order valence-electron chi connectivity index (χ4n) is 7.90. The van der Waals surface area contributed by atoms with Gasteiger partial charge in [0.2, 0.25) is 35.4 Å². The molecule has 306 valence electrons. The van der Waals surface area contributed by atoms with Gasteiger partial charge in [-0.1, -0.05) is 32.8 Å². The topological polar surface area (TPSA) is 195 Å². The summed E-state index contributed by atoms with van der Waals surface area (Å²) in [6.45, 7) is 4.62. The number of aliphatic hydroxyl groups is 1. The molecule has 1 unspecified atom stereocenters. The number of nitrogens with zero attached hydrogens (tertiary/aromatic N) is 3. The molecule has 4 aliphatic heterocycles. The van der Waals surface area contributed by atoms with Crippen molar-refractivity contribution in [1.82, 2.24) is 30.7 Å². The minimum absolute atomic E-state index is 0.0245. The summed E-state index contributed by atoms with van der Waals surface area (Å²) < 4.78 is 34.0. The molecular weight excluding hydrogens is 734 g/mol. The Hall–Kier alpha value is -4.93. The molecule has 0 aliphatic carbocycles. The van der Waals surface area contributed by atoms with Crippen molar-refractivity contribution in [3.63, 3.8) is 0 Å². The van der Waals surface area contributed by atoms with E-state index in [9.17, 15) is 47.4 Å². The summed E-state index contributed by atoms with van der Waals surface area (Å²) in [4.78, 5) is 100. The number of aliphatic hydroxyl groups excluding tert-OH is 1. The number of cyclic esters (lactones) is 1. The van der Waals surface area contributed by atoms with E-state index in [4.69, 9.17) is 4.74 Å². The minimum atomic E-state index is -1.67. The Bertz CT molecular complexity index is 1690. The number of fused-ring (bicyclic) bond motifs is 3. The van der Waals surface area contributed by atoms with E-state index in [-0.39, 0.29) is 44.0 Å². The molecule has 0 radical (unpaired) electrons. The third-order valence-electron chi connectivity index (χ3n) is 10.7. The Kier molecular flexibility index (Phi) is 14.2. The third-order valence-corrected chi connectivity index (χ3v) is 10.7. The first-order valence-corrected chi connectivity index (χ1v) is 19.5. The molecule has 0 bridgehead atoms. The zero-order valence-corrected chi connectivity index (χ0v) is 32.0. The average Bonchev–Trinajstić information content (AvgIpc) is 3.75. The predicted molar refractivity (Wildman–Crippen MR) is 196 cm³/mol. The van der Waals surface area contributed by atoms with E-state index >= 15 is 0 Å². The summed E-state index contributed by atoms with van der Waals surface area (Å²) >= 11 is 0. The second-order valence-corrected chi connectivity index (χ2v) is 15.3. The Labute approximate surface area is 324 Å². The van der Waals surface area contributed by atoms with Gasteiger partial charge in [0.15, 0.2) is 0 Å². The van der Waals surface area contributed by atoms with Gasteiger partial charge in [0, 0.05) is 38.5 Å². The molecule has 0 saturated carbocycles. The molecule has 0 aromatic heterocycles. The lowest BCUT2D eigenvalue weighted by Gasteiger charge is -2.39. The Balaban J connectivity index is 1.49. The number of hydrogen-bond acceptors (Lipinski definition) is 9. The smallest absolute Gasteiger partial charge is 0.328 e. The van der Waals surface area contributed by atoms with E-state index in [0.717, 1.165) is 29.9 Å². The quantitative estimate of drug-likeness (QED) is 0.160. The Morgan fingerprint density at radius 1 is 0.946 bits per heavy atom. The standard InChI is InChI=1S/C39H52F2N6O9/c1-4-5-6-7-11-33(49)43-28(16-24-14-25(40)17-26(41)15-24)34(50)44-29-21-56-39(55)32-13-22(2)19-46(32)36(52)23(3)42-35(51)30-10-8-9-12-45(30)38(54)31-18-27(48)20-47(31)37(29)53/h7,11,14-15,17,22-23,27-32,48H,4-6,8-10,12-13,16,18-21H2,1-3H3,(H,42,51)(H,43,49)(H,44,50)/b11-7+/t22-,23+,27-,28+,29+,30+,31+,32?/m1/s1. The number of benzene rings is 1. The molecule has 4 heterocycles. The molecule has 1 aromatic carbocycles. The van der Waals surface area contributed by atoms with Crippen molar-refractivity contribution in [2.24, 2.45) is 5.92 Å². The van der Waals surface area contributed by atoms with Crippen molar-refractivity contribution in [2.45, 2.75) is 121 Å². The van der Waals surface area contributed by atoms with Crippen LogP contribution in [0.5, 0.6) is 0 Å². The maximum atomic E-state index is 14.4. The Morgan fingerprint density at radius 2 is 1.66 bits per heavy atom. The molecule has 6 amide bonds. The molecule has 4 N–H and O–H groups in total. The highest BCUT2D eigenvalue weighted by Crippen LogP contribution is 2.28. The first-order chi connectivity index (χ1) is 26.7. The summed E-state index contributed by atoms with van der Waals surface area (Å²) in [5, 5.41) is 18.5. The lowest BCUT2D eigenvalue weighted by Crippen LogP contribution is -2.62. The fourth-order valence-corrected chi connectivity index (χ4v) is 7.90. The second-order valence-electron chi connectivity index (χ2n) is 15.3. The highest BCUT2D eigenvalue weighted by Gasteiger charge is 2.47. The van der Waals surface area contributed by atoms with E-state index in [1.54, 1.807) is 6.08 Å². The van der Waals surface area contributed by atoms with Crippen LogP contribution in [0.1, 0.15) is 77.7 Å². The van der Waals surface area contributed by atoms with Crippen molar-refractivity contribution >= 4 is 41.4 Å². The number of hydrogen-bond donors (Lipinski definition) is 4. The van der Waals surface area contributed by atoms with Crippen molar-refractivity contribution in [3.8, 4) is 0 Å². The number of rotatable bonds is 9. The number of allylic oxidation sites excluding steroid dienone is 1. The largest absolute Gasteiger partial charge is 0.461 e. The first-order valence-electron chi connectivity index (χ1n) is 19.5. The summed E-state index contributed by atoms with van der Waals surface area (Å²) in [5.74, 6) is -7.07. The first kappa shape index (κ1) is 42.2. The Morgan fingerprint density at radius 3 is 2.38 bits per heavy atom. The molecule has 4 aliphatic rings. The van der Waals surface area contributed by atoms with Crippen molar-refractivity contribution in [1.29, 1.82) is 0 Å². The number of nitrogens with one attached hydrogen (secondary N) is 3. The number of carbonyl (C=O) groups is 7. The third kappa shape index (κ3) is 10.3. The van der Waals surface area contributed by atoms with Gasteiger partial charge in [0.25, 0.3) is 0 Å². The number of piperidine rings is 1. The molecular formula is C39H52F2N6O9. The summed E-state index contributed by atoms with van der Waals surface area (Å²) in [6, 6.07) is -4.84. The van der Waals surface area contributed by atoms with E-state index in [1.165, 1.54) is 22.8 Å². The van der Waals surface area contributed by atoms with Crippen LogP contribution < -0.4 is 16.0 Å². The van der Waals surface area contributed by atoms with Crippen LogP contribution in [-0.2, 0) is 44.7 Å². The van der Waals surface area contributed by atoms with Crippen LogP contribution in [-0.4, -0.2) is 130 Å². The molecule has 4 saturated heterocycles. The number of halogens is 2. The van der Waals surface area contributed by atoms with E-state index < -0.39 is 108 Å².